The topological polar surface area (TPSA) is 44.5 Å². The number of methoxy groups -OCH3 is 2. The highest BCUT2D eigenvalue weighted by molar-refractivity contribution is 6.32. The van der Waals surface area contributed by atoms with Crippen molar-refractivity contribution in [3.05, 3.63) is 22.5 Å². The van der Waals surface area contributed by atoms with Crippen LogP contribution < -0.4 is 15.2 Å². The smallest absolute Gasteiger partial charge is 0.167 e. The van der Waals surface area contributed by atoms with Crippen LogP contribution >= 0.6 is 11.6 Å². The monoisotopic (exact) mass is 245 g/mol. The first-order valence-corrected chi connectivity index (χ1v) is 5.30. The average molecular weight is 246 g/mol. The van der Waals surface area contributed by atoms with E-state index in [0.29, 0.717) is 17.1 Å². The molecule has 1 aromatic carbocycles. The van der Waals surface area contributed by atoms with Gasteiger partial charge < -0.3 is 15.2 Å². The van der Waals surface area contributed by atoms with E-state index in [1.54, 1.807) is 0 Å². The molecule has 0 atom stereocenters. The predicted octanol–water partition coefficient (Wildman–Crippen LogP) is 2.44. The highest BCUT2D eigenvalue weighted by atomic mass is 35.5. The summed E-state index contributed by atoms with van der Waals surface area (Å²) in [6, 6.07) is 1.20. The molecule has 0 heterocycles. The standard InChI is InChI=1S/C11H13ClFNO2/c1-15-7-5-6(13)9(12)8(10(7)16-2)11(14)3-4-11/h5H,3-4,14H2,1-2H3. The zero-order valence-corrected chi connectivity index (χ0v) is 9.90. The van der Waals surface area contributed by atoms with Crippen LogP contribution in [0.3, 0.4) is 0 Å². The summed E-state index contributed by atoms with van der Waals surface area (Å²) < 4.78 is 23.8. The number of ether oxygens (including phenoxy) is 2. The molecular formula is C11H13ClFNO2. The molecule has 88 valence electrons. The fraction of sp³-hybridized carbons (Fsp3) is 0.455. The number of nitrogens with two attached hydrogens (primary N) is 1. The maximum Gasteiger partial charge on any atom is 0.167 e. The molecule has 3 nitrogen and oxygen atoms in total. The van der Waals surface area contributed by atoms with Crippen LogP contribution in [0.1, 0.15) is 18.4 Å². The molecule has 0 aliphatic heterocycles. The van der Waals surface area contributed by atoms with Crippen molar-refractivity contribution in [3.8, 4) is 11.5 Å². The van der Waals surface area contributed by atoms with E-state index in [9.17, 15) is 4.39 Å². The molecule has 1 saturated carbocycles. The van der Waals surface area contributed by atoms with Gasteiger partial charge in [-0.3, -0.25) is 0 Å². The molecule has 16 heavy (non-hydrogen) atoms. The third kappa shape index (κ3) is 1.62. The third-order valence-electron chi connectivity index (χ3n) is 2.85. The highest BCUT2D eigenvalue weighted by Crippen LogP contribution is 2.52. The van der Waals surface area contributed by atoms with Crippen LogP contribution in [0.15, 0.2) is 6.07 Å². The van der Waals surface area contributed by atoms with Gasteiger partial charge in [-0.2, -0.15) is 0 Å². The molecule has 2 N–H and O–H groups in total. The van der Waals surface area contributed by atoms with Gasteiger partial charge in [0.2, 0.25) is 0 Å². The van der Waals surface area contributed by atoms with Gasteiger partial charge in [-0.05, 0) is 12.8 Å². The van der Waals surface area contributed by atoms with E-state index in [4.69, 9.17) is 26.8 Å². The fourth-order valence-corrected chi connectivity index (χ4v) is 2.10. The number of hydrogen-bond donors (Lipinski definition) is 1. The summed E-state index contributed by atoms with van der Waals surface area (Å²) in [5.41, 5.74) is 5.99. The quantitative estimate of drug-likeness (QED) is 0.890. The van der Waals surface area contributed by atoms with Gasteiger partial charge in [0.25, 0.3) is 0 Å². The van der Waals surface area contributed by atoms with Crippen LogP contribution in [-0.4, -0.2) is 14.2 Å². The van der Waals surface area contributed by atoms with E-state index >= 15 is 0 Å². The Kier molecular flexibility index (Phi) is 2.72. The lowest BCUT2D eigenvalue weighted by molar-refractivity contribution is 0.346. The SMILES string of the molecule is COc1cc(F)c(Cl)c(C2(N)CC2)c1OC. The summed E-state index contributed by atoms with van der Waals surface area (Å²) in [6.45, 7) is 0. The van der Waals surface area contributed by atoms with Crippen molar-refractivity contribution in [1.29, 1.82) is 0 Å². The second-order valence-electron chi connectivity index (χ2n) is 3.94. The summed E-state index contributed by atoms with van der Waals surface area (Å²) in [7, 11) is 2.94. The van der Waals surface area contributed by atoms with Gasteiger partial charge in [0.05, 0.1) is 19.2 Å². The Bertz CT molecular complexity index is 432. The van der Waals surface area contributed by atoms with Crippen molar-refractivity contribution in [2.45, 2.75) is 18.4 Å². The zero-order chi connectivity index (χ0) is 11.9. The van der Waals surface area contributed by atoms with E-state index < -0.39 is 11.4 Å². The third-order valence-corrected chi connectivity index (χ3v) is 3.22. The molecule has 0 aromatic heterocycles. The van der Waals surface area contributed by atoms with Crippen LogP contribution in [0, 0.1) is 5.82 Å². The van der Waals surface area contributed by atoms with E-state index in [2.05, 4.69) is 0 Å². The van der Waals surface area contributed by atoms with Crippen LogP contribution in [0.4, 0.5) is 4.39 Å². The second-order valence-corrected chi connectivity index (χ2v) is 4.32. The van der Waals surface area contributed by atoms with Crippen molar-refractivity contribution in [2.75, 3.05) is 14.2 Å². The van der Waals surface area contributed by atoms with Gasteiger partial charge in [0, 0.05) is 17.2 Å². The number of hydrogen-bond acceptors (Lipinski definition) is 3. The molecule has 0 saturated heterocycles. The minimum absolute atomic E-state index is 0.0256. The van der Waals surface area contributed by atoms with Crippen LogP contribution in [-0.2, 0) is 5.54 Å². The van der Waals surface area contributed by atoms with Crippen LogP contribution in [0.25, 0.3) is 0 Å². The molecule has 1 aromatic rings. The van der Waals surface area contributed by atoms with Crippen molar-refractivity contribution in [3.63, 3.8) is 0 Å². The average Bonchev–Trinajstić information content (AvgIpc) is 3.00. The summed E-state index contributed by atoms with van der Waals surface area (Å²) in [6.07, 6.45) is 1.55. The number of halogens is 2. The Morgan fingerprint density at radius 1 is 1.38 bits per heavy atom. The minimum Gasteiger partial charge on any atom is -0.493 e. The maximum absolute atomic E-state index is 13.6. The Labute approximate surface area is 98.3 Å². The lowest BCUT2D eigenvalue weighted by Crippen LogP contribution is -2.21. The molecule has 0 bridgehead atoms. The van der Waals surface area contributed by atoms with Crippen molar-refractivity contribution in [2.24, 2.45) is 5.73 Å². The van der Waals surface area contributed by atoms with Gasteiger partial charge in [0.1, 0.15) is 5.82 Å². The van der Waals surface area contributed by atoms with Crippen molar-refractivity contribution in [1.82, 2.24) is 0 Å². The molecule has 1 aliphatic carbocycles. The van der Waals surface area contributed by atoms with Crippen molar-refractivity contribution < 1.29 is 13.9 Å². The first kappa shape index (κ1) is 11.5. The van der Waals surface area contributed by atoms with Crippen LogP contribution in [0.2, 0.25) is 5.02 Å². The van der Waals surface area contributed by atoms with E-state index in [1.807, 2.05) is 0 Å². The largest absolute Gasteiger partial charge is 0.493 e. The predicted molar refractivity (Wildman–Crippen MR) is 59.6 cm³/mol. The van der Waals surface area contributed by atoms with Gasteiger partial charge in [-0.1, -0.05) is 11.6 Å². The molecule has 5 heteroatoms. The number of rotatable bonds is 3. The second kappa shape index (κ2) is 3.79. The maximum atomic E-state index is 13.6. The first-order valence-electron chi connectivity index (χ1n) is 4.93. The van der Waals surface area contributed by atoms with Gasteiger partial charge >= 0.3 is 0 Å². The lowest BCUT2D eigenvalue weighted by atomic mass is 10.0. The molecular weight excluding hydrogens is 233 g/mol. The first-order chi connectivity index (χ1) is 7.53. The Morgan fingerprint density at radius 2 is 2.00 bits per heavy atom. The zero-order valence-electron chi connectivity index (χ0n) is 9.14. The van der Waals surface area contributed by atoms with E-state index in [0.717, 1.165) is 12.8 Å². The van der Waals surface area contributed by atoms with E-state index in [1.165, 1.54) is 20.3 Å². The molecule has 0 unspecified atom stereocenters. The van der Waals surface area contributed by atoms with Gasteiger partial charge in [-0.15, -0.1) is 0 Å². The Morgan fingerprint density at radius 3 is 2.44 bits per heavy atom. The van der Waals surface area contributed by atoms with Crippen molar-refractivity contribution >= 4 is 11.6 Å². The Balaban J connectivity index is 2.67. The molecule has 1 aliphatic rings. The van der Waals surface area contributed by atoms with E-state index in [-0.39, 0.29) is 5.02 Å². The van der Waals surface area contributed by atoms with Gasteiger partial charge in [0.15, 0.2) is 11.5 Å². The normalized spacial score (nSPS) is 17.1. The minimum atomic E-state index is -0.572. The van der Waals surface area contributed by atoms with Crippen LogP contribution in [0.5, 0.6) is 11.5 Å². The number of benzene rings is 1. The molecule has 1 fully saturated rings. The molecule has 0 radical (unpaired) electrons. The summed E-state index contributed by atoms with van der Waals surface area (Å²) in [4.78, 5) is 0. The molecule has 0 amide bonds. The molecule has 2 rings (SSSR count). The summed E-state index contributed by atoms with van der Waals surface area (Å²) in [5.74, 6) is 0.205. The Hall–Kier alpha value is -1.00. The summed E-state index contributed by atoms with van der Waals surface area (Å²) in [5, 5.41) is 0.0256. The summed E-state index contributed by atoms with van der Waals surface area (Å²) >= 11 is 5.94. The molecule has 0 spiro atoms. The fourth-order valence-electron chi connectivity index (χ4n) is 1.77. The lowest BCUT2D eigenvalue weighted by Gasteiger charge is -2.19. The van der Waals surface area contributed by atoms with Gasteiger partial charge in [-0.25, -0.2) is 4.39 Å². The highest BCUT2D eigenvalue weighted by Gasteiger charge is 2.45.